The smallest absolute Gasteiger partial charge is 0.191 e. The lowest BCUT2D eigenvalue weighted by Crippen LogP contribution is -2.68. The molecule has 1 aliphatic carbocycles. The first kappa shape index (κ1) is 18.1. The Labute approximate surface area is 151 Å². The molecule has 2 N–H and O–H groups in total. The van der Waals surface area contributed by atoms with E-state index in [4.69, 9.17) is 14.5 Å². The predicted octanol–water partition coefficient (Wildman–Crippen LogP) is 2.61. The first-order valence-corrected chi connectivity index (χ1v) is 9.35. The molecule has 138 valence electrons. The van der Waals surface area contributed by atoms with Crippen LogP contribution in [0.3, 0.4) is 0 Å². The molecule has 2 fully saturated rings. The highest BCUT2D eigenvalue weighted by molar-refractivity contribution is 5.80. The van der Waals surface area contributed by atoms with Crippen LogP contribution in [0, 0.1) is 11.3 Å². The second kappa shape index (κ2) is 7.65. The minimum absolute atomic E-state index is 0.160. The molecule has 1 saturated carbocycles. The molecule has 0 radical (unpaired) electrons. The summed E-state index contributed by atoms with van der Waals surface area (Å²) in [5.41, 5.74) is 1.43. The Morgan fingerprint density at radius 2 is 2.08 bits per heavy atom. The molecule has 1 aliphatic heterocycles. The van der Waals surface area contributed by atoms with Crippen LogP contribution in [0.2, 0.25) is 0 Å². The summed E-state index contributed by atoms with van der Waals surface area (Å²) < 4.78 is 11.1. The zero-order chi connectivity index (χ0) is 17.9. The van der Waals surface area contributed by atoms with Crippen molar-refractivity contribution in [1.82, 2.24) is 10.6 Å². The number of nitrogens with zero attached hydrogens (tertiary/aromatic N) is 1. The maximum atomic E-state index is 5.89. The summed E-state index contributed by atoms with van der Waals surface area (Å²) >= 11 is 0. The zero-order valence-electron chi connectivity index (χ0n) is 15.8. The van der Waals surface area contributed by atoms with Crippen LogP contribution in [0.1, 0.15) is 32.8 Å². The number of hydrogen-bond acceptors (Lipinski definition) is 3. The second-order valence-electron chi connectivity index (χ2n) is 7.55. The van der Waals surface area contributed by atoms with Gasteiger partial charge in [0.1, 0.15) is 5.75 Å². The molecule has 25 heavy (non-hydrogen) atoms. The summed E-state index contributed by atoms with van der Waals surface area (Å²) in [6, 6.07) is 8.63. The van der Waals surface area contributed by atoms with Crippen molar-refractivity contribution in [3.8, 4) is 5.75 Å². The molecule has 0 bridgehead atoms. The van der Waals surface area contributed by atoms with Crippen molar-refractivity contribution in [2.45, 2.75) is 45.8 Å². The van der Waals surface area contributed by atoms with Gasteiger partial charge < -0.3 is 20.1 Å². The Balaban J connectivity index is 1.57. The maximum Gasteiger partial charge on any atom is 0.191 e. The summed E-state index contributed by atoms with van der Waals surface area (Å²) in [6.45, 7) is 9.21. The quantitative estimate of drug-likeness (QED) is 0.615. The van der Waals surface area contributed by atoms with Gasteiger partial charge in [-0.15, -0.1) is 0 Å². The molecule has 5 heteroatoms. The molecular formula is C20H31N3O2. The third-order valence-corrected chi connectivity index (χ3v) is 5.57. The highest BCUT2D eigenvalue weighted by Crippen LogP contribution is 2.52. The number of benzene rings is 1. The zero-order valence-corrected chi connectivity index (χ0v) is 15.8. The van der Waals surface area contributed by atoms with E-state index in [9.17, 15) is 0 Å². The Hall–Kier alpha value is -1.75. The molecule has 3 unspecified atom stereocenters. The van der Waals surface area contributed by atoms with Crippen molar-refractivity contribution in [3.05, 3.63) is 29.8 Å². The molecule has 3 rings (SSSR count). The van der Waals surface area contributed by atoms with Crippen LogP contribution in [0.25, 0.3) is 0 Å². The number of methoxy groups -OCH3 is 1. The number of ether oxygens (including phenoxy) is 2. The first-order valence-electron chi connectivity index (χ1n) is 9.35. The second-order valence-corrected chi connectivity index (χ2v) is 7.55. The van der Waals surface area contributed by atoms with E-state index in [1.165, 1.54) is 5.56 Å². The molecule has 1 saturated heterocycles. The molecule has 0 amide bonds. The SMILES string of the molecule is CCNC(=NCCc1ccc(OC)cc1)NC1C2CCOC2C1(C)C. The largest absolute Gasteiger partial charge is 0.497 e. The predicted molar refractivity (Wildman–Crippen MR) is 101 cm³/mol. The highest BCUT2D eigenvalue weighted by Gasteiger charge is 2.59. The maximum absolute atomic E-state index is 5.89. The number of rotatable bonds is 6. The number of aliphatic imine (C=N–C) groups is 1. The van der Waals surface area contributed by atoms with Gasteiger partial charge in [-0.3, -0.25) is 4.99 Å². The number of guanidine groups is 1. The van der Waals surface area contributed by atoms with E-state index in [2.05, 4.69) is 43.5 Å². The van der Waals surface area contributed by atoms with Gasteiger partial charge in [-0.2, -0.15) is 0 Å². The normalized spacial score (nSPS) is 27.4. The Morgan fingerprint density at radius 1 is 1.32 bits per heavy atom. The Bertz CT molecular complexity index is 597. The Morgan fingerprint density at radius 3 is 2.76 bits per heavy atom. The van der Waals surface area contributed by atoms with Crippen molar-refractivity contribution >= 4 is 5.96 Å². The fraction of sp³-hybridized carbons (Fsp3) is 0.650. The molecule has 3 atom stereocenters. The van der Waals surface area contributed by atoms with E-state index in [0.717, 1.165) is 44.2 Å². The van der Waals surface area contributed by atoms with Crippen molar-refractivity contribution in [2.24, 2.45) is 16.3 Å². The highest BCUT2D eigenvalue weighted by atomic mass is 16.5. The minimum atomic E-state index is 0.160. The average Bonchev–Trinajstić information content (AvgIpc) is 3.07. The Kier molecular flexibility index (Phi) is 5.52. The third kappa shape index (κ3) is 3.76. The average molecular weight is 345 g/mol. The molecule has 0 spiro atoms. The van der Waals surface area contributed by atoms with Gasteiger partial charge in [0.25, 0.3) is 0 Å². The van der Waals surface area contributed by atoms with Gasteiger partial charge in [-0.1, -0.05) is 26.0 Å². The number of fused-ring (bicyclic) bond motifs is 1. The lowest BCUT2D eigenvalue weighted by molar-refractivity contribution is -0.106. The van der Waals surface area contributed by atoms with Gasteiger partial charge in [0.05, 0.1) is 13.2 Å². The molecule has 1 aromatic rings. The fourth-order valence-corrected chi connectivity index (χ4v) is 4.17. The van der Waals surface area contributed by atoms with Gasteiger partial charge in [0.15, 0.2) is 5.96 Å². The molecule has 0 aromatic heterocycles. The fourth-order valence-electron chi connectivity index (χ4n) is 4.17. The summed E-state index contributed by atoms with van der Waals surface area (Å²) in [4.78, 5) is 4.78. The van der Waals surface area contributed by atoms with Crippen LogP contribution in [-0.4, -0.2) is 44.9 Å². The lowest BCUT2D eigenvalue weighted by atomic mass is 9.57. The summed E-state index contributed by atoms with van der Waals surface area (Å²) in [6.07, 6.45) is 2.47. The minimum Gasteiger partial charge on any atom is -0.497 e. The number of hydrogen-bond donors (Lipinski definition) is 2. The molecule has 1 heterocycles. The van der Waals surface area contributed by atoms with Gasteiger partial charge in [0.2, 0.25) is 0 Å². The lowest BCUT2D eigenvalue weighted by Gasteiger charge is -2.54. The number of nitrogens with one attached hydrogen (secondary N) is 2. The first-order chi connectivity index (χ1) is 12.1. The summed E-state index contributed by atoms with van der Waals surface area (Å²) in [7, 11) is 1.69. The van der Waals surface area contributed by atoms with Gasteiger partial charge in [-0.25, -0.2) is 0 Å². The van der Waals surface area contributed by atoms with E-state index in [1.54, 1.807) is 7.11 Å². The summed E-state index contributed by atoms with van der Waals surface area (Å²) in [5.74, 6) is 2.42. The standard InChI is InChI=1S/C20H31N3O2/c1-5-21-19(22-12-10-14-6-8-15(24-4)9-7-14)23-17-16-11-13-25-18(16)20(17,2)3/h6-9,16-18H,5,10-13H2,1-4H3,(H2,21,22,23). The van der Waals surface area contributed by atoms with Crippen molar-refractivity contribution < 1.29 is 9.47 Å². The van der Waals surface area contributed by atoms with Crippen LogP contribution in [0.15, 0.2) is 29.3 Å². The van der Waals surface area contributed by atoms with E-state index < -0.39 is 0 Å². The van der Waals surface area contributed by atoms with E-state index in [0.29, 0.717) is 18.1 Å². The monoisotopic (exact) mass is 345 g/mol. The van der Waals surface area contributed by atoms with E-state index in [1.807, 2.05) is 12.1 Å². The van der Waals surface area contributed by atoms with Crippen LogP contribution in [-0.2, 0) is 11.2 Å². The summed E-state index contributed by atoms with van der Waals surface area (Å²) in [5, 5.41) is 7.04. The molecular weight excluding hydrogens is 314 g/mol. The molecule has 2 aliphatic rings. The molecule has 1 aromatic carbocycles. The van der Waals surface area contributed by atoms with Crippen LogP contribution in [0.4, 0.5) is 0 Å². The van der Waals surface area contributed by atoms with Gasteiger partial charge >= 0.3 is 0 Å². The van der Waals surface area contributed by atoms with Gasteiger partial charge in [0, 0.05) is 37.1 Å². The van der Waals surface area contributed by atoms with Crippen molar-refractivity contribution in [2.75, 3.05) is 26.8 Å². The van der Waals surface area contributed by atoms with Gasteiger partial charge in [-0.05, 0) is 37.5 Å². The van der Waals surface area contributed by atoms with Crippen LogP contribution >= 0.6 is 0 Å². The van der Waals surface area contributed by atoms with Crippen LogP contribution in [0.5, 0.6) is 5.75 Å². The van der Waals surface area contributed by atoms with Crippen molar-refractivity contribution in [1.29, 1.82) is 0 Å². The van der Waals surface area contributed by atoms with Crippen molar-refractivity contribution in [3.63, 3.8) is 0 Å². The van der Waals surface area contributed by atoms with Crippen LogP contribution < -0.4 is 15.4 Å². The third-order valence-electron chi connectivity index (χ3n) is 5.57. The van der Waals surface area contributed by atoms with E-state index in [-0.39, 0.29) is 5.41 Å². The van der Waals surface area contributed by atoms with E-state index >= 15 is 0 Å². The topological polar surface area (TPSA) is 54.9 Å². The molecule has 5 nitrogen and oxygen atoms in total.